The molecule has 0 atom stereocenters. The number of carboxylic acid groups (broad SMARTS) is 1. The highest BCUT2D eigenvalue weighted by molar-refractivity contribution is 6.33. The van der Waals surface area contributed by atoms with E-state index in [1.165, 1.54) is 18.2 Å². The largest absolute Gasteiger partial charge is 0.478 e. The maximum Gasteiger partial charge on any atom is 0.411 e. The molecular formula is C11H11ClF3NO3. The lowest BCUT2D eigenvalue weighted by molar-refractivity contribution is -0.172. The third-order valence-electron chi connectivity index (χ3n) is 2.04. The van der Waals surface area contributed by atoms with Crippen LogP contribution in [-0.4, -0.2) is 37.0 Å². The first-order valence-electron chi connectivity index (χ1n) is 5.21. The molecule has 0 aromatic heterocycles. The fourth-order valence-electron chi connectivity index (χ4n) is 1.25. The molecule has 4 nitrogen and oxygen atoms in total. The van der Waals surface area contributed by atoms with Gasteiger partial charge in [-0.25, -0.2) is 4.79 Å². The van der Waals surface area contributed by atoms with E-state index >= 15 is 0 Å². The van der Waals surface area contributed by atoms with Crippen molar-refractivity contribution in [1.82, 2.24) is 0 Å². The summed E-state index contributed by atoms with van der Waals surface area (Å²) in [4.78, 5) is 10.7. The molecule has 0 aliphatic heterocycles. The van der Waals surface area contributed by atoms with Crippen molar-refractivity contribution in [2.75, 3.05) is 25.1 Å². The van der Waals surface area contributed by atoms with E-state index < -0.39 is 18.8 Å². The molecule has 1 aromatic carbocycles. The first kappa shape index (κ1) is 15.6. The van der Waals surface area contributed by atoms with Crippen molar-refractivity contribution in [1.29, 1.82) is 0 Å². The Kier molecular flexibility index (Phi) is 5.44. The molecule has 0 saturated carbocycles. The van der Waals surface area contributed by atoms with Crippen LogP contribution in [0.2, 0.25) is 5.02 Å². The fraction of sp³-hybridized carbons (Fsp3) is 0.364. The highest BCUT2D eigenvalue weighted by Crippen LogP contribution is 2.20. The van der Waals surface area contributed by atoms with Gasteiger partial charge in [0.2, 0.25) is 0 Å². The summed E-state index contributed by atoms with van der Waals surface area (Å²) in [5, 5.41) is 11.6. The number of rotatable bonds is 6. The molecule has 0 amide bonds. The minimum Gasteiger partial charge on any atom is -0.478 e. The van der Waals surface area contributed by atoms with Gasteiger partial charge in [0.05, 0.1) is 17.2 Å². The number of benzene rings is 1. The molecule has 0 aliphatic carbocycles. The van der Waals surface area contributed by atoms with Gasteiger partial charge in [0.15, 0.2) is 0 Å². The van der Waals surface area contributed by atoms with Crippen molar-refractivity contribution in [2.45, 2.75) is 6.18 Å². The van der Waals surface area contributed by atoms with Gasteiger partial charge in [-0.05, 0) is 18.2 Å². The van der Waals surface area contributed by atoms with E-state index in [1.807, 2.05) is 0 Å². The third kappa shape index (κ3) is 5.80. The molecule has 0 heterocycles. The van der Waals surface area contributed by atoms with E-state index in [9.17, 15) is 18.0 Å². The Bertz CT molecular complexity index is 451. The Labute approximate surface area is 112 Å². The van der Waals surface area contributed by atoms with E-state index in [0.717, 1.165) is 0 Å². The number of aromatic carboxylic acids is 1. The standard InChI is InChI=1S/C11H11ClF3NO3/c12-9-5-7(1-2-8(9)10(17)18)16-3-4-19-6-11(13,14)15/h1-2,5,16H,3-4,6H2,(H,17,18). The summed E-state index contributed by atoms with van der Waals surface area (Å²) >= 11 is 5.72. The van der Waals surface area contributed by atoms with Crippen LogP contribution in [0.3, 0.4) is 0 Å². The molecule has 106 valence electrons. The number of hydrogen-bond donors (Lipinski definition) is 2. The van der Waals surface area contributed by atoms with E-state index in [4.69, 9.17) is 16.7 Å². The molecule has 8 heteroatoms. The first-order chi connectivity index (χ1) is 8.79. The lowest BCUT2D eigenvalue weighted by atomic mass is 10.2. The van der Waals surface area contributed by atoms with E-state index in [0.29, 0.717) is 5.69 Å². The van der Waals surface area contributed by atoms with Gasteiger partial charge in [0.1, 0.15) is 6.61 Å². The quantitative estimate of drug-likeness (QED) is 0.792. The molecule has 1 aromatic rings. The molecule has 2 N–H and O–H groups in total. The van der Waals surface area contributed by atoms with Crippen LogP contribution in [-0.2, 0) is 4.74 Å². The minimum absolute atomic E-state index is 0.0412. The summed E-state index contributed by atoms with van der Waals surface area (Å²) in [6.07, 6.45) is -4.34. The van der Waals surface area contributed by atoms with Crippen molar-refractivity contribution < 1.29 is 27.8 Å². The molecule has 0 unspecified atom stereocenters. The summed E-state index contributed by atoms with van der Waals surface area (Å²) in [6, 6.07) is 4.16. The molecule has 19 heavy (non-hydrogen) atoms. The van der Waals surface area contributed by atoms with Crippen LogP contribution in [0.25, 0.3) is 0 Å². The fourth-order valence-corrected chi connectivity index (χ4v) is 1.52. The van der Waals surface area contributed by atoms with Crippen molar-refractivity contribution in [3.8, 4) is 0 Å². The highest BCUT2D eigenvalue weighted by atomic mass is 35.5. The number of carboxylic acids is 1. The minimum atomic E-state index is -4.34. The first-order valence-corrected chi connectivity index (χ1v) is 5.58. The van der Waals surface area contributed by atoms with Crippen molar-refractivity contribution in [3.63, 3.8) is 0 Å². The van der Waals surface area contributed by atoms with Gasteiger partial charge in [-0.3, -0.25) is 0 Å². The topological polar surface area (TPSA) is 58.6 Å². The summed E-state index contributed by atoms with van der Waals surface area (Å²) in [5.41, 5.74) is 0.464. The number of anilines is 1. The van der Waals surface area contributed by atoms with E-state index in [-0.39, 0.29) is 23.7 Å². The Morgan fingerprint density at radius 3 is 2.63 bits per heavy atom. The highest BCUT2D eigenvalue weighted by Gasteiger charge is 2.27. The molecule has 0 saturated heterocycles. The average Bonchev–Trinajstić information content (AvgIpc) is 2.26. The molecule has 0 aliphatic rings. The summed E-state index contributed by atoms with van der Waals surface area (Å²) in [6.45, 7) is -1.27. The predicted molar refractivity (Wildman–Crippen MR) is 63.8 cm³/mol. The summed E-state index contributed by atoms with van der Waals surface area (Å²) in [5.74, 6) is -1.15. The van der Waals surface area contributed by atoms with Crippen molar-refractivity contribution >= 4 is 23.3 Å². The van der Waals surface area contributed by atoms with Crippen LogP contribution in [0, 0.1) is 0 Å². The van der Waals surface area contributed by atoms with Gasteiger partial charge in [-0.2, -0.15) is 13.2 Å². The zero-order valence-corrected chi connectivity index (χ0v) is 10.4. The number of alkyl halides is 3. The van der Waals surface area contributed by atoms with Crippen molar-refractivity contribution in [2.24, 2.45) is 0 Å². The maximum atomic E-state index is 11.8. The SMILES string of the molecule is O=C(O)c1ccc(NCCOCC(F)(F)F)cc1Cl. The zero-order valence-electron chi connectivity index (χ0n) is 9.63. The molecule has 0 spiro atoms. The van der Waals surface area contributed by atoms with Crippen LogP contribution >= 0.6 is 11.6 Å². The second-order valence-electron chi connectivity index (χ2n) is 3.59. The van der Waals surface area contributed by atoms with Crippen molar-refractivity contribution in [3.05, 3.63) is 28.8 Å². The lowest BCUT2D eigenvalue weighted by Crippen LogP contribution is -2.20. The molecular weight excluding hydrogens is 287 g/mol. The maximum absolute atomic E-state index is 11.8. The van der Waals surface area contributed by atoms with Gasteiger partial charge in [0.25, 0.3) is 0 Å². The third-order valence-corrected chi connectivity index (χ3v) is 2.35. The second-order valence-corrected chi connectivity index (χ2v) is 4.00. The Hall–Kier alpha value is -1.47. The van der Waals surface area contributed by atoms with Gasteiger partial charge < -0.3 is 15.2 Å². The normalized spacial score (nSPS) is 11.4. The number of ether oxygens (including phenoxy) is 1. The monoisotopic (exact) mass is 297 g/mol. The number of hydrogen-bond acceptors (Lipinski definition) is 3. The lowest BCUT2D eigenvalue weighted by Gasteiger charge is -2.10. The average molecular weight is 298 g/mol. The van der Waals surface area contributed by atoms with Crippen LogP contribution < -0.4 is 5.32 Å². The number of nitrogens with one attached hydrogen (secondary N) is 1. The Morgan fingerprint density at radius 1 is 1.42 bits per heavy atom. The van der Waals surface area contributed by atoms with E-state index in [1.54, 1.807) is 0 Å². The van der Waals surface area contributed by atoms with Crippen LogP contribution in [0.1, 0.15) is 10.4 Å². The summed E-state index contributed by atoms with van der Waals surface area (Å²) < 4.78 is 39.7. The number of halogens is 4. The molecule has 1 rings (SSSR count). The molecule has 0 bridgehead atoms. The number of carbonyl (C=O) groups is 1. The van der Waals surface area contributed by atoms with E-state index in [2.05, 4.69) is 10.1 Å². The summed E-state index contributed by atoms with van der Waals surface area (Å²) in [7, 11) is 0. The van der Waals surface area contributed by atoms with Gasteiger partial charge in [-0.15, -0.1) is 0 Å². The van der Waals surface area contributed by atoms with Crippen LogP contribution in [0.15, 0.2) is 18.2 Å². The van der Waals surface area contributed by atoms with Gasteiger partial charge >= 0.3 is 12.1 Å². The zero-order chi connectivity index (χ0) is 14.5. The predicted octanol–water partition coefficient (Wildman–Crippen LogP) is 3.03. The van der Waals surface area contributed by atoms with Gasteiger partial charge in [0, 0.05) is 12.2 Å². The molecule has 0 fully saturated rings. The van der Waals surface area contributed by atoms with Crippen LogP contribution in [0.4, 0.5) is 18.9 Å². The van der Waals surface area contributed by atoms with Crippen LogP contribution in [0.5, 0.6) is 0 Å². The molecule has 0 radical (unpaired) electrons. The van der Waals surface area contributed by atoms with Gasteiger partial charge in [-0.1, -0.05) is 11.6 Å². The Balaban J connectivity index is 2.38. The smallest absolute Gasteiger partial charge is 0.411 e. The Morgan fingerprint density at radius 2 is 2.11 bits per heavy atom. The second kappa shape index (κ2) is 6.63.